The summed E-state index contributed by atoms with van der Waals surface area (Å²) in [6.07, 6.45) is 6.61. The molecule has 6 nitrogen and oxygen atoms in total. The fourth-order valence-corrected chi connectivity index (χ4v) is 4.97. The van der Waals surface area contributed by atoms with E-state index in [0.717, 1.165) is 22.4 Å². The topological polar surface area (TPSA) is 76.1 Å². The van der Waals surface area contributed by atoms with Crippen LogP contribution < -0.4 is 4.74 Å². The molecule has 0 bridgehead atoms. The number of hydrogen-bond acceptors (Lipinski definition) is 4. The van der Waals surface area contributed by atoms with Crippen molar-refractivity contribution in [2.24, 2.45) is 0 Å². The van der Waals surface area contributed by atoms with Crippen LogP contribution in [0.2, 0.25) is 5.02 Å². The number of amides is 1. The number of likely N-dealkylation sites (tertiary alicyclic amines) is 1. The van der Waals surface area contributed by atoms with Crippen LogP contribution in [0.3, 0.4) is 0 Å². The summed E-state index contributed by atoms with van der Waals surface area (Å²) in [6, 6.07) is 13.5. The van der Waals surface area contributed by atoms with Crippen LogP contribution in [0.5, 0.6) is 5.75 Å². The normalized spacial score (nSPS) is 24.5. The number of carbonyl (C=O) groups is 2. The zero-order valence-corrected chi connectivity index (χ0v) is 19.3. The van der Waals surface area contributed by atoms with Gasteiger partial charge in [-0.2, -0.15) is 0 Å². The van der Waals surface area contributed by atoms with Crippen LogP contribution >= 0.6 is 11.6 Å². The summed E-state index contributed by atoms with van der Waals surface area (Å²) in [5.74, 6) is -0.686. The lowest BCUT2D eigenvalue weighted by Gasteiger charge is -2.38. The molecule has 7 heteroatoms. The van der Waals surface area contributed by atoms with Gasteiger partial charge >= 0.3 is 5.97 Å². The predicted octanol–water partition coefficient (Wildman–Crippen LogP) is 4.89. The van der Waals surface area contributed by atoms with Crippen LogP contribution in [0, 0.1) is 0 Å². The number of ether oxygens (including phenoxy) is 2. The summed E-state index contributed by atoms with van der Waals surface area (Å²) in [6.45, 7) is 0. The molecule has 1 aliphatic carbocycles. The van der Waals surface area contributed by atoms with Gasteiger partial charge < -0.3 is 19.5 Å². The monoisotopic (exact) mass is 467 g/mol. The molecular weight excluding hydrogens is 442 g/mol. The van der Waals surface area contributed by atoms with Gasteiger partial charge in [0.2, 0.25) is 0 Å². The van der Waals surface area contributed by atoms with Crippen molar-refractivity contribution in [1.29, 1.82) is 0 Å². The second-order valence-electron chi connectivity index (χ2n) is 8.17. The molecule has 1 heterocycles. The SMILES string of the molecule is COc1ccccc1C1=CCC(OC)(C(=O)N2[C@@H](c3ccccc3Cl)CC[C@H]2C(=O)O)C=C1. The zero-order valence-electron chi connectivity index (χ0n) is 18.5. The Labute approximate surface area is 198 Å². The lowest BCUT2D eigenvalue weighted by molar-refractivity contribution is -0.159. The molecule has 1 N–H and O–H groups in total. The van der Waals surface area contributed by atoms with Crippen molar-refractivity contribution in [3.63, 3.8) is 0 Å². The molecule has 0 radical (unpaired) electrons. The third-order valence-electron chi connectivity index (χ3n) is 6.47. The average molecular weight is 468 g/mol. The number of rotatable bonds is 6. The number of aliphatic carboxylic acids is 1. The molecular formula is C26H26ClNO5. The Morgan fingerprint density at radius 2 is 1.82 bits per heavy atom. The van der Waals surface area contributed by atoms with Crippen LogP contribution in [0.4, 0.5) is 0 Å². The number of carboxylic acid groups (broad SMARTS) is 1. The molecule has 4 rings (SSSR count). The lowest BCUT2D eigenvalue weighted by Crippen LogP contribution is -2.53. The van der Waals surface area contributed by atoms with Gasteiger partial charge in [-0.25, -0.2) is 4.79 Å². The van der Waals surface area contributed by atoms with Crippen molar-refractivity contribution >= 4 is 29.1 Å². The molecule has 1 amide bonds. The van der Waals surface area contributed by atoms with Gasteiger partial charge in [0.25, 0.3) is 5.91 Å². The van der Waals surface area contributed by atoms with Crippen molar-refractivity contribution in [3.8, 4) is 5.75 Å². The zero-order chi connectivity index (χ0) is 23.6. The van der Waals surface area contributed by atoms with Gasteiger partial charge in [0, 0.05) is 24.1 Å². The maximum atomic E-state index is 13.9. The van der Waals surface area contributed by atoms with E-state index in [2.05, 4.69) is 0 Å². The van der Waals surface area contributed by atoms with Crippen molar-refractivity contribution in [3.05, 3.63) is 82.9 Å². The number of para-hydroxylation sites is 1. The van der Waals surface area contributed by atoms with Gasteiger partial charge in [0.1, 0.15) is 11.8 Å². The number of halogens is 1. The standard InChI is InChI=1S/C26H26ClNO5/c1-32-23-10-6-4-7-18(23)17-13-15-26(33-2,16-14-17)25(31)28-21(11-12-22(28)24(29)30)19-8-3-5-9-20(19)27/h3-10,13-15,21-22H,11-12,16H2,1-2H3,(H,29,30)/t21-,22+,26?/m1/s1. The van der Waals surface area contributed by atoms with Crippen LogP contribution in [-0.2, 0) is 14.3 Å². The molecule has 2 aliphatic rings. The first-order valence-electron chi connectivity index (χ1n) is 10.8. The highest BCUT2D eigenvalue weighted by Gasteiger charge is 2.49. The van der Waals surface area contributed by atoms with Crippen LogP contribution in [-0.4, -0.2) is 47.7 Å². The van der Waals surface area contributed by atoms with Crippen LogP contribution in [0.15, 0.2) is 66.8 Å². The molecule has 1 fully saturated rings. The highest BCUT2D eigenvalue weighted by Crippen LogP contribution is 2.43. The third-order valence-corrected chi connectivity index (χ3v) is 6.81. The van der Waals surface area contributed by atoms with Gasteiger partial charge in [-0.3, -0.25) is 4.79 Å². The van der Waals surface area contributed by atoms with Gasteiger partial charge in [-0.05, 0) is 42.2 Å². The Morgan fingerprint density at radius 3 is 2.45 bits per heavy atom. The maximum Gasteiger partial charge on any atom is 0.326 e. The number of allylic oxidation sites excluding steroid dienone is 2. The summed E-state index contributed by atoms with van der Waals surface area (Å²) in [7, 11) is 3.09. The number of nitrogens with zero attached hydrogens (tertiary/aromatic N) is 1. The van der Waals surface area contributed by atoms with E-state index >= 15 is 0 Å². The first kappa shape index (κ1) is 23.1. The van der Waals surface area contributed by atoms with Crippen LogP contribution in [0.1, 0.15) is 36.4 Å². The van der Waals surface area contributed by atoms with E-state index in [1.807, 2.05) is 54.6 Å². The Hall–Kier alpha value is -3.09. The molecule has 1 unspecified atom stereocenters. The van der Waals surface area contributed by atoms with E-state index in [-0.39, 0.29) is 12.3 Å². The van der Waals surface area contributed by atoms with Crippen molar-refractivity contribution in [2.45, 2.75) is 36.9 Å². The quantitative estimate of drug-likeness (QED) is 0.654. The summed E-state index contributed by atoms with van der Waals surface area (Å²) in [5, 5.41) is 10.4. The fourth-order valence-electron chi connectivity index (χ4n) is 4.71. The second-order valence-corrected chi connectivity index (χ2v) is 8.58. The molecule has 172 valence electrons. The molecule has 1 saturated heterocycles. The fraction of sp³-hybridized carbons (Fsp3) is 0.308. The summed E-state index contributed by atoms with van der Waals surface area (Å²) in [5.41, 5.74) is 1.26. The maximum absolute atomic E-state index is 13.9. The van der Waals surface area contributed by atoms with Crippen LogP contribution in [0.25, 0.3) is 5.57 Å². The number of carboxylic acids is 1. The van der Waals surface area contributed by atoms with Crippen molar-refractivity contribution in [2.75, 3.05) is 14.2 Å². The number of methoxy groups -OCH3 is 2. The summed E-state index contributed by atoms with van der Waals surface area (Å²) in [4.78, 5) is 27.4. The van der Waals surface area contributed by atoms with E-state index in [1.54, 1.807) is 19.3 Å². The van der Waals surface area contributed by atoms with Gasteiger partial charge in [-0.15, -0.1) is 0 Å². The molecule has 2 aromatic rings. The molecule has 0 aromatic heterocycles. The molecule has 3 atom stereocenters. The average Bonchev–Trinajstić information content (AvgIpc) is 3.29. The Balaban J connectivity index is 1.68. The molecule has 0 saturated carbocycles. The third kappa shape index (κ3) is 4.16. The molecule has 0 spiro atoms. The van der Waals surface area contributed by atoms with E-state index in [4.69, 9.17) is 21.1 Å². The minimum Gasteiger partial charge on any atom is -0.496 e. The number of benzene rings is 2. The number of carbonyl (C=O) groups excluding carboxylic acids is 1. The van der Waals surface area contributed by atoms with Gasteiger partial charge in [-0.1, -0.05) is 60.2 Å². The largest absolute Gasteiger partial charge is 0.496 e. The highest BCUT2D eigenvalue weighted by atomic mass is 35.5. The Morgan fingerprint density at radius 1 is 1.09 bits per heavy atom. The minimum absolute atomic E-state index is 0.268. The first-order chi connectivity index (χ1) is 15.9. The van der Waals surface area contributed by atoms with Gasteiger partial charge in [0.15, 0.2) is 5.60 Å². The molecule has 2 aromatic carbocycles. The van der Waals surface area contributed by atoms with Gasteiger partial charge in [0.05, 0.1) is 13.2 Å². The van der Waals surface area contributed by atoms with E-state index in [9.17, 15) is 14.7 Å². The molecule has 1 aliphatic heterocycles. The van der Waals surface area contributed by atoms with Crippen molar-refractivity contribution in [1.82, 2.24) is 4.90 Å². The minimum atomic E-state index is -1.30. The second kappa shape index (κ2) is 9.41. The molecule has 33 heavy (non-hydrogen) atoms. The van der Waals surface area contributed by atoms with E-state index < -0.39 is 23.7 Å². The first-order valence-corrected chi connectivity index (χ1v) is 11.2. The number of hydrogen-bond donors (Lipinski definition) is 1. The summed E-state index contributed by atoms with van der Waals surface area (Å²) >= 11 is 6.42. The smallest absolute Gasteiger partial charge is 0.326 e. The highest BCUT2D eigenvalue weighted by molar-refractivity contribution is 6.31. The van der Waals surface area contributed by atoms with E-state index in [0.29, 0.717) is 17.9 Å². The lowest BCUT2D eigenvalue weighted by atomic mass is 9.87. The van der Waals surface area contributed by atoms with E-state index in [1.165, 1.54) is 12.0 Å². The Bertz CT molecular complexity index is 1130. The Kier molecular flexibility index (Phi) is 6.58. The van der Waals surface area contributed by atoms with Crippen molar-refractivity contribution < 1.29 is 24.2 Å². The summed E-state index contributed by atoms with van der Waals surface area (Å²) < 4.78 is 11.2. The predicted molar refractivity (Wildman–Crippen MR) is 126 cm³/mol.